The smallest absolute Gasteiger partial charge is 0.251 e. The van der Waals surface area contributed by atoms with E-state index in [4.69, 9.17) is 21.1 Å². The number of hydrogen-bond donors (Lipinski definition) is 1. The van der Waals surface area contributed by atoms with E-state index >= 15 is 0 Å². The number of nitrogens with one attached hydrogen (secondary N) is 1. The third kappa shape index (κ3) is 4.56. The summed E-state index contributed by atoms with van der Waals surface area (Å²) in [5.41, 5.74) is 1.58. The SMILES string of the molecule is O=C(NC1CCN(Cc2ccccn2)CC1)c1cc(Cl)c2c(c1)OCCCO2. The van der Waals surface area contributed by atoms with Crippen LogP contribution >= 0.6 is 11.6 Å². The first kappa shape index (κ1) is 19.0. The van der Waals surface area contributed by atoms with Crippen LogP contribution in [0, 0.1) is 0 Å². The Morgan fingerprint density at radius 1 is 1.21 bits per heavy atom. The van der Waals surface area contributed by atoms with E-state index in [1.165, 1.54) is 0 Å². The lowest BCUT2D eigenvalue weighted by Crippen LogP contribution is -2.44. The highest BCUT2D eigenvalue weighted by atomic mass is 35.5. The van der Waals surface area contributed by atoms with Crippen molar-refractivity contribution < 1.29 is 14.3 Å². The third-order valence-electron chi connectivity index (χ3n) is 5.10. The molecular formula is C21H24ClN3O3. The van der Waals surface area contributed by atoms with Gasteiger partial charge in [-0.1, -0.05) is 17.7 Å². The molecule has 1 amide bonds. The third-order valence-corrected chi connectivity index (χ3v) is 5.38. The average Bonchev–Trinajstić information content (AvgIpc) is 2.96. The number of likely N-dealkylation sites (tertiary alicyclic amines) is 1. The van der Waals surface area contributed by atoms with Crippen LogP contribution < -0.4 is 14.8 Å². The number of fused-ring (bicyclic) bond motifs is 1. The summed E-state index contributed by atoms with van der Waals surface area (Å²) in [6.45, 7) is 3.84. The molecule has 4 rings (SSSR count). The maximum absolute atomic E-state index is 12.7. The molecule has 3 heterocycles. The fraction of sp³-hybridized carbons (Fsp3) is 0.429. The maximum Gasteiger partial charge on any atom is 0.251 e. The number of nitrogens with zero attached hydrogens (tertiary/aromatic N) is 2. The van der Waals surface area contributed by atoms with Crippen LogP contribution in [0.2, 0.25) is 5.02 Å². The molecule has 6 nitrogen and oxygen atoms in total. The molecule has 0 saturated carbocycles. The number of piperidine rings is 1. The molecule has 148 valence electrons. The highest BCUT2D eigenvalue weighted by Crippen LogP contribution is 2.38. The zero-order valence-electron chi connectivity index (χ0n) is 15.7. The fourth-order valence-corrected chi connectivity index (χ4v) is 3.85. The van der Waals surface area contributed by atoms with E-state index in [0.29, 0.717) is 35.3 Å². The molecule has 1 fully saturated rings. The van der Waals surface area contributed by atoms with Gasteiger partial charge in [0.25, 0.3) is 5.91 Å². The number of carbonyl (C=O) groups excluding carboxylic acids is 1. The molecule has 1 saturated heterocycles. The molecule has 2 aliphatic rings. The minimum absolute atomic E-state index is 0.124. The van der Waals surface area contributed by atoms with Crippen molar-refractivity contribution in [1.82, 2.24) is 15.2 Å². The molecule has 7 heteroatoms. The number of carbonyl (C=O) groups is 1. The summed E-state index contributed by atoms with van der Waals surface area (Å²) < 4.78 is 11.3. The maximum atomic E-state index is 12.7. The van der Waals surface area contributed by atoms with E-state index < -0.39 is 0 Å². The number of ether oxygens (including phenoxy) is 2. The average molecular weight is 402 g/mol. The number of hydrogen-bond acceptors (Lipinski definition) is 5. The van der Waals surface area contributed by atoms with Crippen molar-refractivity contribution >= 4 is 17.5 Å². The quantitative estimate of drug-likeness (QED) is 0.851. The molecular weight excluding hydrogens is 378 g/mol. The number of benzene rings is 1. The molecule has 1 aromatic heterocycles. The van der Waals surface area contributed by atoms with Gasteiger partial charge in [0.05, 0.1) is 23.9 Å². The van der Waals surface area contributed by atoms with Crippen LogP contribution in [0.1, 0.15) is 35.3 Å². The fourth-order valence-electron chi connectivity index (χ4n) is 3.59. The second kappa shape index (κ2) is 8.80. The van der Waals surface area contributed by atoms with Gasteiger partial charge in [-0.05, 0) is 37.1 Å². The molecule has 28 heavy (non-hydrogen) atoms. The van der Waals surface area contributed by atoms with Crippen molar-refractivity contribution in [2.24, 2.45) is 0 Å². The number of rotatable bonds is 4. The van der Waals surface area contributed by atoms with Gasteiger partial charge in [-0.15, -0.1) is 0 Å². The Bertz CT molecular complexity index is 823. The summed E-state index contributed by atoms with van der Waals surface area (Å²) in [6.07, 6.45) is 4.44. The summed E-state index contributed by atoms with van der Waals surface area (Å²) in [7, 11) is 0. The van der Waals surface area contributed by atoms with E-state index in [0.717, 1.165) is 44.6 Å². The Morgan fingerprint density at radius 2 is 2.04 bits per heavy atom. The van der Waals surface area contributed by atoms with Crippen molar-refractivity contribution in [3.8, 4) is 11.5 Å². The van der Waals surface area contributed by atoms with Crippen LogP contribution in [0.25, 0.3) is 0 Å². The first-order valence-electron chi connectivity index (χ1n) is 9.71. The van der Waals surface area contributed by atoms with Crippen LogP contribution in [0.15, 0.2) is 36.5 Å². The molecule has 0 atom stereocenters. The molecule has 1 N–H and O–H groups in total. The molecule has 2 aliphatic heterocycles. The van der Waals surface area contributed by atoms with Gasteiger partial charge in [-0.2, -0.15) is 0 Å². The molecule has 0 spiro atoms. The van der Waals surface area contributed by atoms with Crippen LogP contribution in [0.3, 0.4) is 0 Å². The Labute approximate surface area is 169 Å². The van der Waals surface area contributed by atoms with E-state index in [-0.39, 0.29) is 11.9 Å². The van der Waals surface area contributed by atoms with Crippen LogP contribution in [-0.2, 0) is 6.54 Å². The minimum atomic E-state index is -0.124. The molecule has 0 unspecified atom stereocenters. The number of amides is 1. The first-order chi connectivity index (χ1) is 13.7. The predicted octanol–water partition coefficient (Wildman–Crippen LogP) is 3.29. The summed E-state index contributed by atoms with van der Waals surface area (Å²) in [5, 5.41) is 3.54. The Kier molecular flexibility index (Phi) is 5.98. The minimum Gasteiger partial charge on any atom is -0.489 e. The second-order valence-corrected chi connectivity index (χ2v) is 7.59. The molecule has 1 aromatic carbocycles. The zero-order valence-corrected chi connectivity index (χ0v) is 16.5. The number of aromatic nitrogens is 1. The molecule has 0 aliphatic carbocycles. The highest BCUT2D eigenvalue weighted by molar-refractivity contribution is 6.32. The first-order valence-corrected chi connectivity index (χ1v) is 10.1. The monoisotopic (exact) mass is 401 g/mol. The lowest BCUT2D eigenvalue weighted by Gasteiger charge is -2.32. The van der Waals surface area contributed by atoms with Gasteiger partial charge in [0.15, 0.2) is 11.5 Å². The van der Waals surface area contributed by atoms with Crippen LogP contribution in [-0.4, -0.2) is 48.1 Å². The van der Waals surface area contributed by atoms with Crippen molar-refractivity contribution in [3.05, 3.63) is 52.8 Å². The predicted molar refractivity (Wildman–Crippen MR) is 107 cm³/mol. The van der Waals surface area contributed by atoms with Gasteiger partial charge in [0, 0.05) is 43.9 Å². The van der Waals surface area contributed by atoms with Crippen LogP contribution in [0.4, 0.5) is 0 Å². The van der Waals surface area contributed by atoms with Gasteiger partial charge in [0.1, 0.15) is 0 Å². The lowest BCUT2D eigenvalue weighted by atomic mass is 10.0. The van der Waals surface area contributed by atoms with Gasteiger partial charge >= 0.3 is 0 Å². The highest BCUT2D eigenvalue weighted by Gasteiger charge is 2.23. The normalized spacial score (nSPS) is 17.8. The van der Waals surface area contributed by atoms with Crippen molar-refractivity contribution in [1.29, 1.82) is 0 Å². The van der Waals surface area contributed by atoms with Crippen LogP contribution in [0.5, 0.6) is 11.5 Å². The summed E-state index contributed by atoms with van der Waals surface area (Å²) in [6, 6.07) is 9.51. The van der Waals surface area contributed by atoms with Crippen molar-refractivity contribution in [2.75, 3.05) is 26.3 Å². The second-order valence-electron chi connectivity index (χ2n) is 7.18. The largest absolute Gasteiger partial charge is 0.489 e. The van der Waals surface area contributed by atoms with Gasteiger partial charge in [-0.25, -0.2) is 0 Å². The standard InChI is InChI=1S/C21H24ClN3O3/c22-18-12-15(13-19-20(18)28-11-3-10-27-19)21(26)24-16-5-8-25(9-6-16)14-17-4-1-2-7-23-17/h1-2,4,7,12-13,16H,3,5-6,8-11,14H2,(H,24,26). The summed E-state index contributed by atoms with van der Waals surface area (Å²) in [4.78, 5) is 19.5. The van der Waals surface area contributed by atoms with Crippen molar-refractivity contribution in [3.63, 3.8) is 0 Å². The Morgan fingerprint density at radius 3 is 2.82 bits per heavy atom. The summed E-state index contributed by atoms with van der Waals surface area (Å²) in [5.74, 6) is 0.944. The molecule has 2 aromatic rings. The van der Waals surface area contributed by atoms with Gasteiger partial charge in [-0.3, -0.25) is 14.7 Å². The Balaban J connectivity index is 1.33. The van der Waals surface area contributed by atoms with E-state index in [2.05, 4.69) is 15.2 Å². The van der Waals surface area contributed by atoms with E-state index in [9.17, 15) is 4.79 Å². The summed E-state index contributed by atoms with van der Waals surface area (Å²) >= 11 is 6.31. The molecule has 0 radical (unpaired) electrons. The van der Waals surface area contributed by atoms with E-state index in [1.54, 1.807) is 12.1 Å². The lowest BCUT2D eigenvalue weighted by molar-refractivity contribution is 0.0908. The van der Waals surface area contributed by atoms with E-state index in [1.807, 2.05) is 24.4 Å². The number of pyridine rings is 1. The zero-order chi connectivity index (χ0) is 19.3. The molecule has 0 bridgehead atoms. The topological polar surface area (TPSA) is 63.7 Å². The number of halogens is 1. The Hall–Kier alpha value is -2.31. The van der Waals surface area contributed by atoms with Crippen molar-refractivity contribution in [2.45, 2.75) is 31.8 Å². The van der Waals surface area contributed by atoms with Gasteiger partial charge in [0.2, 0.25) is 0 Å². The van der Waals surface area contributed by atoms with Gasteiger partial charge < -0.3 is 14.8 Å².